The zero-order valence-corrected chi connectivity index (χ0v) is 13.8. The fraction of sp³-hybridized carbons (Fsp3) is 0.294. The molecule has 0 unspecified atom stereocenters. The van der Waals surface area contributed by atoms with E-state index in [9.17, 15) is 0 Å². The highest BCUT2D eigenvalue weighted by molar-refractivity contribution is 5.87. The van der Waals surface area contributed by atoms with Gasteiger partial charge in [-0.2, -0.15) is 0 Å². The first-order valence-corrected chi connectivity index (χ1v) is 8.34. The number of benzene rings is 1. The molecule has 0 atom stereocenters. The fourth-order valence-corrected chi connectivity index (χ4v) is 3.37. The summed E-state index contributed by atoms with van der Waals surface area (Å²) in [5.74, 6) is 0.637. The van der Waals surface area contributed by atoms with E-state index in [1.165, 1.54) is 0 Å². The lowest BCUT2D eigenvalue weighted by Crippen LogP contribution is -2.44. The van der Waals surface area contributed by atoms with E-state index in [0.717, 1.165) is 40.5 Å². The van der Waals surface area contributed by atoms with Gasteiger partial charge in [-0.25, -0.2) is 14.2 Å². The lowest BCUT2D eigenvalue weighted by Gasteiger charge is -2.32. The Hall–Kier alpha value is -3.00. The van der Waals surface area contributed by atoms with Crippen LogP contribution in [0.4, 0.5) is 5.95 Å². The second kappa shape index (κ2) is 5.25. The first kappa shape index (κ1) is 14.4. The lowest BCUT2D eigenvalue weighted by atomic mass is 9.88. The minimum absolute atomic E-state index is 0.302. The third-order valence-corrected chi connectivity index (χ3v) is 4.85. The molecule has 0 spiro atoms. The van der Waals surface area contributed by atoms with Crippen LogP contribution in [0.5, 0.6) is 0 Å². The number of fused-ring (bicyclic) bond motifs is 2. The molecule has 4 aromatic rings. The van der Waals surface area contributed by atoms with Crippen molar-refractivity contribution in [2.45, 2.75) is 24.9 Å². The SMILES string of the molecule is Cn1nnc2ccc(-c3ccn4nc(N[C@H]5C[C@H](N)C5)ncc34)cc21. The van der Waals surface area contributed by atoms with Gasteiger partial charge in [-0.1, -0.05) is 11.3 Å². The molecule has 0 bridgehead atoms. The summed E-state index contributed by atoms with van der Waals surface area (Å²) < 4.78 is 3.63. The average molecular weight is 334 g/mol. The van der Waals surface area contributed by atoms with Crippen LogP contribution in [-0.4, -0.2) is 41.7 Å². The molecule has 3 aromatic heterocycles. The minimum Gasteiger partial charge on any atom is -0.350 e. The highest BCUT2D eigenvalue weighted by Crippen LogP contribution is 2.28. The Morgan fingerprint density at radius 3 is 2.92 bits per heavy atom. The maximum Gasteiger partial charge on any atom is 0.241 e. The van der Waals surface area contributed by atoms with Crippen molar-refractivity contribution in [3.05, 3.63) is 36.7 Å². The van der Waals surface area contributed by atoms with E-state index < -0.39 is 0 Å². The zero-order chi connectivity index (χ0) is 17.0. The van der Waals surface area contributed by atoms with Crippen molar-refractivity contribution in [1.29, 1.82) is 0 Å². The van der Waals surface area contributed by atoms with Crippen LogP contribution in [0.25, 0.3) is 27.7 Å². The molecule has 1 aliphatic rings. The van der Waals surface area contributed by atoms with E-state index in [2.05, 4.69) is 37.8 Å². The van der Waals surface area contributed by atoms with Gasteiger partial charge in [0.2, 0.25) is 5.95 Å². The Labute approximate surface area is 143 Å². The second-order valence-corrected chi connectivity index (χ2v) is 6.63. The summed E-state index contributed by atoms with van der Waals surface area (Å²) in [5.41, 5.74) is 10.8. The number of aryl methyl sites for hydroxylation is 1. The quantitative estimate of drug-likeness (QED) is 0.590. The van der Waals surface area contributed by atoms with Gasteiger partial charge >= 0.3 is 0 Å². The summed E-state index contributed by atoms with van der Waals surface area (Å²) in [6.07, 6.45) is 5.75. The van der Waals surface area contributed by atoms with Crippen molar-refractivity contribution in [2.75, 3.05) is 5.32 Å². The molecular weight excluding hydrogens is 316 g/mol. The Kier molecular flexibility index (Phi) is 3.01. The van der Waals surface area contributed by atoms with Gasteiger partial charge in [0.05, 0.1) is 17.2 Å². The molecular formula is C17H18N8. The summed E-state index contributed by atoms with van der Waals surface area (Å²) >= 11 is 0. The average Bonchev–Trinajstić information content (AvgIpc) is 3.17. The molecule has 1 saturated carbocycles. The van der Waals surface area contributed by atoms with Crippen molar-refractivity contribution in [2.24, 2.45) is 12.8 Å². The lowest BCUT2D eigenvalue weighted by molar-refractivity contribution is 0.371. The van der Waals surface area contributed by atoms with Crippen LogP contribution in [0.3, 0.4) is 0 Å². The molecule has 3 N–H and O–H groups in total. The predicted octanol–water partition coefficient (Wildman–Crippen LogP) is 1.58. The second-order valence-electron chi connectivity index (χ2n) is 6.63. The van der Waals surface area contributed by atoms with Crippen molar-refractivity contribution in [3.63, 3.8) is 0 Å². The van der Waals surface area contributed by atoms with Gasteiger partial charge in [-0.05, 0) is 36.6 Å². The number of nitrogens with one attached hydrogen (secondary N) is 1. The van der Waals surface area contributed by atoms with Gasteiger partial charge in [0.1, 0.15) is 5.52 Å². The van der Waals surface area contributed by atoms with Gasteiger partial charge < -0.3 is 11.1 Å². The predicted molar refractivity (Wildman–Crippen MR) is 95.1 cm³/mol. The van der Waals surface area contributed by atoms with Crippen LogP contribution in [0.15, 0.2) is 36.7 Å². The summed E-state index contributed by atoms with van der Waals surface area (Å²) in [6.45, 7) is 0. The molecule has 1 fully saturated rings. The Morgan fingerprint density at radius 2 is 2.08 bits per heavy atom. The first-order chi connectivity index (χ1) is 12.2. The monoisotopic (exact) mass is 334 g/mol. The van der Waals surface area contributed by atoms with Crippen molar-refractivity contribution in [3.8, 4) is 11.1 Å². The summed E-state index contributed by atoms with van der Waals surface area (Å²) in [6, 6.07) is 8.86. The number of hydrogen-bond acceptors (Lipinski definition) is 6. The fourth-order valence-electron chi connectivity index (χ4n) is 3.37. The molecule has 5 rings (SSSR count). The highest BCUT2D eigenvalue weighted by atomic mass is 15.4. The largest absolute Gasteiger partial charge is 0.350 e. The first-order valence-electron chi connectivity index (χ1n) is 8.34. The smallest absolute Gasteiger partial charge is 0.241 e. The number of nitrogens with two attached hydrogens (primary N) is 1. The minimum atomic E-state index is 0.302. The summed E-state index contributed by atoms with van der Waals surface area (Å²) in [7, 11) is 1.89. The van der Waals surface area contributed by atoms with Crippen molar-refractivity contribution in [1.82, 2.24) is 29.6 Å². The number of rotatable bonds is 3. The van der Waals surface area contributed by atoms with Crippen LogP contribution in [0, 0.1) is 0 Å². The molecule has 0 radical (unpaired) electrons. The molecule has 8 heteroatoms. The molecule has 0 amide bonds. The number of nitrogens with zero attached hydrogens (tertiary/aromatic N) is 6. The molecule has 25 heavy (non-hydrogen) atoms. The summed E-state index contributed by atoms with van der Waals surface area (Å²) in [4.78, 5) is 4.47. The van der Waals surface area contributed by atoms with E-state index >= 15 is 0 Å². The molecule has 1 aliphatic carbocycles. The van der Waals surface area contributed by atoms with E-state index in [-0.39, 0.29) is 0 Å². The zero-order valence-electron chi connectivity index (χ0n) is 13.8. The van der Waals surface area contributed by atoms with Crippen LogP contribution in [0.1, 0.15) is 12.8 Å². The molecule has 0 aliphatic heterocycles. The van der Waals surface area contributed by atoms with E-state index in [4.69, 9.17) is 5.73 Å². The maximum absolute atomic E-state index is 5.83. The number of aromatic nitrogens is 6. The van der Waals surface area contributed by atoms with Crippen LogP contribution in [0.2, 0.25) is 0 Å². The van der Waals surface area contributed by atoms with Gasteiger partial charge in [0.25, 0.3) is 0 Å². The summed E-state index contributed by atoms with van der Waals surface area (Å²) in [5, 5.41) is 16.1. The van der Waals surface area contributed by atoms with Gasteiger partial charge in [-0.3, -0.25) is 0 Å². The topological polar surface area (TPSA) is 99.0 Å². The molecule has 126 valence electrons. The Morgan fingerprint density at radius 1 is 1.20 bits per heavy atom. The van der Waals surface area contributed by atoms with Gasteiger partial charge in [0.15, 0.2) is 0 Å². The van der Waals surface area contributed by atoms with E-state index in [1.807, 2.05) is 36.1 Å². The number of hydrogen-bond donors (Lipinski definition) is 2. The van der Waals surface area contributed by atoms with Crippen molar-refractivity contribution >= 4 is 22.5 Å². The van der Waals surface area contributed by atoms with Crippen molar-refractivity contribution < 1.29 is 0 Å². The third-order valence-electron chi connectivity index (χ3n) is 4.85. The van der Waals surface area contributed by atoms with Crippen LogP contribution >= 0.6 is 0 Å². The van der Waals surface area contributed by atoms with Crippen LogP contribution in [-0.2, 0) is 7.05 Å². The highest BCUT2D eigenvalue weighted by Gasteiger charge is 2.26. The standard InChI is InChI=1S/C17H18N8/c1-24-15-6-10(2-3-14(15)21-23-24)13-4-5-25-16(13)9-19-17(22-25)20-12-7-11(18)8-12/h2-6,9,11-12H,7-8,18H2,1H3,(H,20,22)/t11-,12-. The Bertz CT molecular complexity index is 1070. The Balaban J connectivity index is 1.51. The van der Waals surface area contributed by atoms with E-state index in [0.29, 0.717) is 18.0 Å². The van der Waals surface area contributed by atoms with Crippen LogP contribution < -0.4 is 11.1 Å². The van der Waals surface area contributed by atoms with E-state index in [1.54, 1.807) is 4.68 Å². The van der Waals surface area contributed by atoms with Gasteiger partial charge in [-0.15, -0.1) is 10.2 Å². The third kappa shape index (κ3) is 2.33. The molecule has 3 heterocycles. The number of anilines is 1. The molecule has 1 aromatic carbocycles. The van der Waals surface area contributed by atoms with Gasteiger partial charge in [0, 0.05) is 30.9 Å². The molecule has 8 nitrogen and oxygen atoms in total. The maximum atomic E-state index is 5.83. The normalized spacial score (nSPS) is 20.1. The molecule has 0 saturated heterocycles.